The summed E-state index contributed by atoms with van der Waals surface area (Å²) in [6.07, 6.45) is 0.0772. The number of amides is 3. The fourth-order valence-electron chi connectivity index (χ4n) is 2.85. The standard InChI is InChI=1S/C11H18N6O3/c12-10(18)9-5-17-8(3-14-20-9)6-4-16(11(13)19)2-1-7(6)15-17/h7,9,14-15H,1-5H2,(H2,12,18)(H2,13,19). The number of hydroxylamine groups is 1. The number of hydrogen-bond donors (Lipinski definition) is 4. The van der Waals surface area contributed by atoms with Crippen LogP contribution in [0, 0.1) is 0 Å². The summed E-state index contributed by atoms with van der Waals surface area (Å²) in [7, 11) is 0. The van der Waals surface area contributed by atoms with Crippen LogP contribution >= 0.6 is 0 Å². The number of nitrogens with two attached hydrogens (primary N) is 2. The smallest absolute Gasteiger partial charge is 0.315 e. The first-order valence-corrected chi connectivity index (χ1v) is 6.54. The van der Waals surface area contributed by atoms with Gasteiger partial charge in [-0.15, -0.1) is 0 Å². The molecule has 2 atom stereocenters. The molecule has 0 spiro atoms. The summed E-state index contributed by atoms with van der Waals surface area (Å²) in [4.78, 5) is 29.4. The lowest BCUT2D eigenvalue weighted by Crippen LogP contribution is -2.49. The highest BCUT2D eigenvalue weighted by Crippen LogP contribution is 2.28. The highest BCUT2D eigenvalue weighted by atomic mass is 16.7. The molecule has 3 heterocycles. The lowest BCUT2D eigenvalue weighted by Gasteiger charge is -2.30. The van der Waals surface area contributed by atoms with Crippen molar-refractivity contribution in [3.8, 4) is 0 Å². The van der Waals surface area contributed by atoms with Crippen molar-refractivity contribution in [2.24, 2.45) is 11.5 Å². The Balaban J connectivity index is 1.82. The molecule has 2 unspecified atom stereocenters. The van der Waals surface area contributed by atoms with Crippen LogP contribution in [0.3, 0.4) is 0 Å². The second-order valence-corrected chi connectivity index (χ2v) is 5.14. The first-order chi connectivity index (χ1) is 9.56. The van der Waals surface area contributed by atoms with Gasteiger partial charge in [-0.25, -0.2) is 10.2 Å². The van der Waals surface area contributed by atoms with E-state index in [0.29, 0.717) is 26.2 Å². The molecule has 6 N–H and O–H groups in total. The zero-order valence-corrected chi connectivity index (χ0v) is 11.0. The van der Waals surface area contributed by atoms with Gasteiger partial charge in [0, 0.05) is 18.8 Å². The molecule has 0 bridgehead atoms. The van der Waals surface area contributed by atoms with Crippen LogP contribution < -0.4 is 22.4 Å². The summed E-state index contributed by atoms with van der Waals surface area (Å²) in [6.45, 7) is 1.92. The summed E-state index contributed by atoms with van der Waals surface area (Å²) < 4.78 is 0. The molecule has 9 heteroatoms. The molecule has 9 nitrogen and oxygen atoms in total. The molecule has 0 radical (unpaired) electrons. The third kappa shape index (κ3) is 2.19. The zero-order chi connectivity index (χ0) is 14.3. The predicted molar refractivity (Wildman–Crippen MR) is 68.5 cm³/mol. The van der Waals surface area contributed by atoms with Crippen molar-refractivity contribution >= 4 is 11.9 Å². The molecule has 2 saturated heterocycles. The summed E-state index contributed by atoms with van der Waals surface area (Å²) >= 11 is 0. The van der Waals surface area contributed by atoms with Crippen molar-refractivity contribution in [1.29, 1.82) is 0 Å². The van der Waals surface area contributed by atoms with Gasteiger partial charge < -0.3 is 21.4 Å². The molecular formula is C11H18N6O3. The Labute approximate surface area is 115 Å². The van der Waals surface area contributed by atoms with E-state index in [2.05, 4.69) is 10.9 Å². The average molecular weight is 282 g/mol. The molecule has 0 aromatic rings. The average Bonchev–Trinajstić information content (AvgIpc) is 2.60. The van der Waals surface area contributed by atoms with Gasteiger partial charge in [-0.2, -0.15) is 5.48 Å². The minimum absolute atomic E-state index is 0.175. The van der Waals surface area contributed by atoms with Gasteiger partial charge in [-0.05, 0) is 12.0 Å². The molecule has 0 saturated carbocycles. The lowest BCUT2D eigenvalue weighted by atomic mass is 9.99. The Kier molecular flexibility index (Phi) is 3.24. The maximum absolute atomic E-state index is 11.3. The molecule has 3 amide bonds. The van der Waals surface area contributed by atoms with E-state index in [1.54, 1.807) is 4.90 Å². The fourth-order valence-corrected chi connectivity index (χ4v) is 2.85. The number of carbonyl (C=O) groups excluding carboxylic acids is 2. The minimum atomic E-state index is -0.715. The Morgan fingerprint density at radius 2 is 2.15 bits per heavy atom. The van der Waals surface area contributed by atoms with Crippen LogP contribution in [0.1, 0.15) is 6.42 Å². The van der Waals surface area contributed by atoms with Crippen LogP contribution in [0.4, 0.5) is 4.79 Å². The molecular weight excluding hydrogens is 264 g/mol. The van der Waals surface area contributed by atoms with Crippen LogP contribution in [0.25, 0.3) is 0 Å². The number of carbonyl (C=O) groups is 2. The van der Waals surface area contributed by atoms with E-state index in [0.717, 1.165) is 17.7 Å². The van der Waals surface area contributed by atoms with Gasteiger partial charge in [0.15, 0.2) is 6.10 Å². The Morgan fingerprint density at radius 3 is 2.85 bits per heavy atom. The number of nitrogens with one attached hydrogen (secondary N) is 2. The molecule has 0 aromatic heterocycles. The number of piperidine rings is 1. The Hall–Kier alpha value is -1.84. The van der Waals surface area contributed by atoms with E-state index >= 15 is 0 Å². The third-order valence-corrected chi connectivity index (χ3v) is 3.92. The van der Waals surface area contributed by atoms with Gasteiger partial charge in [-0.1, -0.05) is 0 Å². The van der Waals surface area contributed by atoms with Crippen molar-refractivity contribution in [1.82, 2.24) is 20.8 Å². The van der Waals surface area contributed by atoms with Gasteiger partial charge in [0.05, 0.1) is 19.1 Å². The number of hydrazine groups is 1. The van der Waals surface area contributed by atoms with E-state index in [1.807, 2.05) is 5.01 Å². The summed E-state index contributed by atoms with van der Waals surface area (Å²) in [5.74, 6) is -0.515. The molecule has 20 heavy (non-hydrogen) atoms. The van der Waals surface area contributed by atoms with Crippen molar-refractivity contribution in [2.75, 3.05) is 26.2 Å². The fraction of sp³-hybridized carbons (Fsp3) is 0.636. The van der Waals surface area contributed by atoms with Crippen LogP contribution in [0.5, 0.6) is 0 Å². The normalized spacial score (nSPS) is 29.8. The first-order valence-electron chi connectivity index (χ1n) is 6.54. The molecule has 0 aromatic carbocycles. The van der Waals surface area contributed by atoms with Gasteiger partial charge in [0.1, 0.15) is 0 Å². The van der Waals surface area contributed by atoms with E-state index in [4.69, 9.17) is 16.3 Å². The van der Waals surface area contributed by atoms with Crippen LogP contribution in [-0.4, -0.2) is 60.2 Å². The highest BCUT2D eigenvalue weighted by molar-refractivity contribution is 5.79. The zero-order valence-electron chi connectivity index (χ0n) is 11.0. The molecule has 3 rings (SSSR count). The van der Waals surface area contributed by atoms with E-state index in [1.165, 1.54) is 0 Å². The number of rotatable bonds is 1. The summed E-state index contributed by atoms with van der Waals surface area (Å²) in [5.41, 5.74) is 18.8. The van der Waals surface area contributed by atoms with E-state index in [-0.39, 0.29) is 6.04 Å². The van der Waals surface area contributed by atoms with Crippen LogP contribution in [-0.2, 0) is 9.63 Å². The van der Waals surface area contributed by atoms with Crippen molar-refractivity contribution in [3.63, 3.8) is 0 Å². The minimum Gasteiger partial charge on any atom is -0.367 e. The van der Waals surface area contributed by atoms with Crippen molar-refractivity contribution < 1.29 is 14.4 Å². The van der Waals surface area contributed by atoms with E-state index in [9.17, 15) is 9.59 Å². The maximum Gasteiger partial charge on any atom is 0.315 e. The van der Waals surface area contributed by atoms with Crippen molar-refractivity contribution in [2.45, 2.75) is 18.6 Å². The topological polar surface area (TPSA) is 126 Å². The van der Waals surface area contributed by atoms with Gasteiger partial charge in [0.25, 0.3) is 5.91 Å². The number of primary amides is 2. The van der Waals surface area contributed by atoms with Gasteiger partial charge >= 0.3 is 6.03 Å². The lowest BCUT2D eigenvalue weighted by molar-refractivity contribution is -0.134. The maximum atomic E-state index is 11.3. The summed E-state index contributed by atoms with van der Waals surface area (Å²) in [6, 6.07) is -0.239. The number of urea groups is 1. The molecule has 3 aliphatic heterocycles. The molecule has 2 fully saturated rings. The monoisotopic (exact) mass is 282 g/mol. The SMILES string of the molecule is NC(=O)C1CN2NC3CCN(C(N)=O)CC3=C2CNO1. The second-order valence-electron chi connectivity index (χ2n) is 5.14. The Morgan fingerprint density at radius 1 is 1.35 bits per heavy atom. The van der Waals surface area contributed by atoms with Crippen LogP contribution in [0.2, 0.25) is 0 Å². The largest absolute Gasteiger partial charge is 0.367 e. The number of hydrogen-bond acceptors (Lipinski definition) is 6. The van der Waals surface area contributed by atoms with Gasteiger partial charge in [-0.3, -0.25) is 9.63 Å². The summed E-state index contributed by atoms with van der Waals surface area (Å²) in [5, 5.41) is 1.89. The quantitative estimate of drug-likeness (QED) is 0.425. The molecule has 110 valence electrons. The predicted octanol–water partition coefficient (Wildman–Crippen LogP) is -2.40. The second kappa shape index (κ2) is 4.93. The third-order valence-electron chi connectivity index (χ3n) is 3.92. The van der Waals surface area contributed by atoms with Crippen molar-refractivity contribution in [3.05, 3.63) is 11.3 Å². The van der Waals surface area contributed by atoms with Gasteiger partial charge in [0.2, 0.25) is 0 Å². The van der Waals surface area contributed by atoms with E-state index < -0.39 is 18.0 Å². The Bertz CT molecular complexity index is 479. The highest BCUT2D eigenvalue weighted by Gasteiger charge is 2.38. The number of nitrogens with zero attached hydrogens (tertiary/aromatic N) is 2. The molecule has 3 aliphatic rings. The molecule has 0 aliphatic carbocycles. The first kappa shape index (κ1) is 13.2. The number of likely N-dealkylation sites (tertiary alicyclic amines) is 1. The number of fused-ring (bicyclic) bond motifs is 2. The van der Waals surface area contributed by atoms with Crippen LogP contribution in [0.15, 0.2) is 11.3 Å².